The van der Waals surface area contributed by atoms with E-state index in [4.69, 9.17) is 27.9 Å². The number of hydrogen-bond donors (Lipinski definition) is 0. The number of hydrogen-bond acceptors (Lipinski definition) is 6. The van der Waals surface area contributed by atoms with E-state index in [1.807, 2.05) is 0 Å². The fourth-order valence-corrected chi connectivity index (χ4v) is 3.94. The molecule has 9 heteroatoms. The first-order valence-electron chi connectivity index (χ1n) is 9.39. The molecule has 166 valence electrons. The van der Waals surface area contributed by atoms with Crippen LogP contribution >= 0.6 is 23.2 Å². The second-order valence-electron chi connectivity index (χ2n) is 6.77. The van der Waals surface area contributed by atoms with Crippen molar-refractivity contribution in [1.29, 1.82) is 5.26 Å². The van der Waals surface area contributed by atoms with E-state index in [0.717, 1.165) is 6.20 Å². The third-order valence-electron chi connectivity index (χ3n) is 4.41. The lowest BCUT2D eigenvalue weighted by atomic mass is 10.1. The number of Topliss-reactive ketones (excluding diaryl/α,β-unsaturated/α-hetero) is 1. The molecule has 33 heavy (non-hydrogen) atoms. The van der Waals surface area contributed by atoms with Gasteiger partial charge in [0.2, 0.25) is 5.78 Å². The van der Waals surface area contributed by atoms with Gasteiger partial charge in [0.15, 0.2) is 0 Å². The highest BCUT2D eigenvalue weighted by atomic mass is 35.5. The minimum Gasteiger partial charge on any atom is -0.423 e. The first kappa shape index (κ1) is 24.2. The molecule has 0 heterocycles. The normalized spacial score (nSPS) is 12.8. The van der Waals surface area contributed by atoms with E-state index in [-0.39, 0.29) is 16.9 Å². The maximum atomic E-state index is 13.0. The number of nitrogens with zero attached hydrogens (tertiary/aromatic N) is 2. The highest BCUT2D eigenvalue weighted by Gasteiger charge is 2.14. The van der Waals surface area contributed by atoms with Gasteiger partial charge in [0, 0.05) is 26.8 Å². The Hall–Kier alpha value is -3.44. The van der Waals surface area contributed by atoms with Crippen LogP contribution in [0.25, 0.3) is 0 Å². The Kier molecular flexibility index (Phi) is 7.67. The Balaban J connectivity index is 1.78. The van der Waals surface area contributed by atoms with Gasteiger partial charge in [-0.25, -0.2) is 13.4 Å². The molecule has 0 aromatic heterocycles. The number of carbonyl (C=O) groups is 2. The van der Waals surface area contributed by atoms with E-state index in [1.54, 1.807) is 30.3 Å². The summed E-state index contributed by atoms with van der Waals surface area (Å²) >= 11 is 11.6. The number of esters is 1. The number of nitriles is 1. The van der Waals surface area contributed by atoms with Gasteiger partial charge in [0.05, 0.1) is 21.5 Å². The van der Waals surface area contributed by atoms with E-state index in [1.165, 1.54) is 54.8 Å². The van der Waals surface area contributed by atoms with Crippen molar-refractivity contribution in [2.24, 2.45) is 4.36 Å². The van der Waals surface area contributed by atoms with Crippen molar-refractivity contribution in [3.8, 4) is 11.8 Å². The molecule has 0 fully saturated rings. The molecule has 0 amide bonds. The monoisotopic (exact) mass is 498 g/mol. The van der Waals surface area contributed by atoms with Crippen molar-refractivity contribution in [3.05, 3.63) is 106 Å². The zero-order valence-electron chi connectivity index (χ0n) is 17.2. The number of allylic oxidation sites excluding steroid dienone is 1. The fraction of sp³-hybridized carbons (Fsp3) is 0.0417. The Bertz CT molecular complexity index is 1380. The summed E-state index contributed by atoms with van der Waals surface area (Å²) in [4.78, 5) is 25.0. The molecular formula is C24H16Cl2N2O4S. The number of benzene rings is 3. The van der Waals surface area contributed by atoms with Gasteiger partial charge < -0.3 is 4.74 Å². The van der Waals surface area contributed by atoms with Crippen LogP contribution in [-0.2, 0) is 9.73 Å². The Labute approximate surface area is 201 Å². The summed E-state index contributed by atoms with van der Waals surface area (Å²) in [5.74, 6) is -0.874. The van der Waals surface area contributed by atoms with Crippen LogP contribution in [0.15, 0.2) is 93.8 Å². The standard InChI is InChI=1S/C24H16Cl2N2O4S/c1-33(31,28-15-18(14-27)23(29)16-2-6-19(25)7-3-16)22-12-10-21(11-13-22)32-24(30)17-4-8-20(26)9-5-17/h2-13,15H,1H3/b18-15+/t33-/m0/s1. The molecule has 3 aromatic rings. The lowest BCUT2D eigenvalue weighted by Gasteiger charge is -2.07. The molecule has 0 bridgehead atoms. The average molecular weight is 499 g/mol. The van der Waals surface area contributed by atoms with Crippen molar-refractivity contribution in [2.75, 3.05) is 6.26 Å². The molecule has 6 nitrogen and oxygen atoms in total. The molecule has 3 rings (SSSR count). The zero-order chi connectivity index (χ0) is 24.0. The lowest BCUT2D eigenvalue weighted by molar-refractivity contribution is 0.0734. The largest absolute Gasteiger partial charge is 0.423 e. The van der Waals surface area contributed by atoms with Crippen LogP contribution in [0.4, 0.5) is 0 Å². The number of halogens is 2. The van der Waals surface area contributed by atoms with Crippen LogP contribution in [0, 0.1) is 11.3 Å². The number of rotatable bonds is 6. The SMILES string of the molecule is C[S@@](=O)(=N/C=C(\C#N)C(=O)c1ccc(Cl)cc1)c1ccc(OC(=O)c2ccc(Cl)cc2)cc1. The molecule has 0 spiro atoms. The molecule has 0 N–H and O–H groups in total. The summed E-state index contributed by atoms with van der Waals surface area (Å²) in [6.07, 6.45) is 2.38. The topological polar surface area (TPSA) is 96.6 Å². The van der Waals surface area contributed by atoms with Gasteiger partial charge in [0.25, 0.3) is 0 Å². The van der Waals surface area contributed by atoms with Crippen LogP contribution in [-0.4, -0.2) is 22.2 Å². The molecule has 0 aliphatic carbocycles. The Morgan fingerprint density at radius 2 is 1.42 bits per heavy atom. The quantitative estimate of drug-likeness (QED) is 0.137. The predicted octanol–water partition coefficient (Wildman–Crippen LogP) is 5.96. The molecule has 3 aromatic carbocycles. The molecule has 0 aliphatic heterocycles. The van der Waals surface area contributed by atoms with E-state index in [9.17, 15) is 19.1 Å². The van der Waals surface area contributed by atoms with E-state index in [2.05, 4.69) is 4.36 Å². The van der Waals surface area contributed by atoms with Crippen LogP contribution in [0.1, 0.15) is 20.7 Å². The zero-order valence-corrected chi connectivity index (χ0v) is 19.5. The summed E-state index contributed by atoms with van der Waals surface area (Å²) in [6.45, 7) is 0. The van der Waals surface area contributed by atoms with Gasteiger partial charge in [-0.3, -0.25) is 4.79 Å². The summed E-state index contributed by atoms with van der Waals surface area (Å²) in [5.41, 5.74) is 0.328. The van der Waals surface area contributed by atoms with Crippen LogP contribution in [0.5, 0.6) is 5.75 Å². The first-order chi connectivity index (χ1) is 15.7. The summed E-state index contributed by atoms with van der Waals surface area (Å²) < 4.78 is 22.3. The molecule has 0 saturated heterocycles. The third-order valence-corrected chi connectivity index (χ3v) is 6.56. The van der Waals surface area contributed by atoms with Gasteiger partial charge in [0.1, 0.15) is 17.4 Å². The predicted molar refractivity (Wildman–Crippen MR) is 127 cm³/mol. The molecule has 0 saturated carbocycles. The molecule has 0 aliphatic rings. The maximum Gasteiger partial charge on any atom is 0.343 e. The Morgan fingerprint density at radius 3 is 1.94 bits per heavy atom. The summed E-state index contributed by atoms with van der Waals surface area (Å²) in [7, 11) is -2.97. The van der Waals surface area contributed by atoms with Gasteiger partial charge in [-0.2, -0.15) is 5.26 Å². The minimum absolute atomic E-state index is 0.250. The number of ether oxygens (including phenoxy) is 1. The van der Waals surface area contributed by atoms with Crippen molar-refractivity contribution < 1.29 is 18.5 Å². The van der Waals surface area contributed by atoms with Crippen LogP contribution in [0.3, 0.4) is 0 Å². The highest BCUT2D eigenvalue weighted by Crippen LogP contribution is 2.20. The van der Waals surface area contributed by atoms with Crippen LogP contribution in [0.2, 0.25) is 10.0 Å². The smallest absolute Gasteiger partial charge is 0.343 e. The third kappa shape index (κ3) is 6.30. The second kappa shape index (κ2) is 10.5. The average Bonchev–Trinajstić information content (AvgIpc) is 2.80. The molecular weight excluding hydrogens is 483 g/mol. The van der Waals surface area contributed by atoms with E-state index in [0.29, 0.717) is 20.5 Å². The fourth-order valence-electron chi connectivity index (χ4n) is 2.62. The second-order valence-corrected chi connectivity index (χ2v) is 9.93. The van der Waals surface area contributed by atoms with Gasteiger partial charge >= 0.3 is 5.97 Å². The van der Waals surface area contributed by atoms with Crippen molar-refractivity contribution in [2.45, 2.75) is 4.90 Å². The van der Waals surface area contributed by atoms with Crippen molar-refractivity contribution in [3.63, 3.8) is 0 Å². The first-order valence-corrected chi connectivity index (χ1v) is 12.1. The lowest BCUT2D eigenvalue weighted by Crippen LogP contribution is -2.08. The minimum atomic E-state index is -2.97. The van der Waals surface area contributed by atoms with E-state index < -0.39 is 21.5 Å². The number of ketones is 1. The van der Waals surface area contributed by atoms with E-state index >= 15 is 0 Å². The highest BCUT2D eigenvalue weighted by molar-refractivity contribution is 7.93. The number of carbonyl (C=O) groups excluding carboxylic acids is 2. The molecule has 0 radical (unpaired) electrons. The van der Waals surface area contributed by atoms with Crippen molar-refractivity contribution >= 4 is 44.7 Å². The van der Waals surface area contributed by atoms with Gasteiger partial charge in [-0.05, 0) is 72.8 Å². The summed E-state index contributed by atoms with van der Waals surface area (Å²) in [5, 5.41) is 10.3. The van der Waals surface area contributed by atoms with Gasteiger partial charge in [-0.15, -0.1) is 0 Å². The van der Waals surface area contributed by atoms with Crippen molar-refractivity contribution in [1.82, 2.24) is 0 Å². The Morgan fingerprint density at radius 1 is 0.909 bits per heavy atom. The maximum absolute atomic E-state index is 13.0. The molecule has 0 unspecified atom stereocenters. The summed E-state index contributed by atoms with van der Waals surface area (Å²) in [6, 6.07) is 20.0. The van der Waals surface area contributed by atoms with Gasteiger partial charge in [-0.1, -0.05) is 23.2 Å². The van der Waals surface area contributed by atoms with Crippen LogP contribution < -0.4 is 4.74 Å². The molecule has 1 atom stereocenters.